The molecular weight excluding hydrogens is 312 g/mol. The highest BCUT2D eigenvalue weighted by Gasteiger charge is 2.15. The van der Waals surface area contributed by atoms with E-state index >= 15 is 0 Å². The number of hydrogen-bond acceptors (Lipinski definition) is 2. The molecule has 0 aliphatic rings. The number of hydrazine groups is 1. The Balaban J connectivity index is 2.45. The molecule has 0 amide bonds. The molecule has 18 heavy (non-hydrogen) atoms. The van der Waals surface area contributed by atoms with E-state index in [1.165, 1.54) is 5.56 Å². The summed E-state index contributed by atoms with van der Waals surface area (Å²) in [6.07, 6.45) is 0. The van der Waals surface area contributed by atoms with Gasteiger partial charge in [-0.25, -0.2) is 5.43 Å². The number of halogens is 2. The van der Waals surface area contributed by atoms with E-state index in [-0.39, 0.29) is 6.04 Å². The first-order valence-corrected chi connectivity index (χ1v) is 6.77. The van der Waals surface area contributed by atoms with E-state index in [0.717, 1.165) is 15.6 Å². The minimum Gasteiger partial charge on any atom is -0.271 e. The van der Waals surface area contributed by atoms with Gasteiger partial charge >= 0.3 is 0 Å². The summed E-state index contributed by atoms with van der Waals surface area (Å²) in [6.45, 7) is 2.05. The first-order valence-electron chi connectivity index (χ1n) is 5.60. The van der Waals surface area contributed by atoms with E-state index in [2.05, 4.69) is 33.5 Å². The van der Waals surface area contributed by atoms with Gasteiger partial charge in [-0.1, -0.05) is 57.9 Å². The van der Waals surface area contributed by atoms with Gasteiger partial charge < -0.3 is 0 Å². The molecule has 0 radical (unpaired) electrons. The fraction of sp³-hybridized carbons (Fsp3) is 0.143. The van der Waals surface area contributed by atoms with Crippen LogP contribution < -0.4 is 11.3 Å². The largest absolute Gasteiger partial charge is 0.271 e. The number of aryl methyl sites for hydroxylation is 1. The van der Waals surface area contributed by atoms with Gasteiger partial charge in [0.1, 0.15) is 0 Å². The lowest BCUT2D eigenvalue weighted by Crippen LogP contribution is -2.29. The van der Waals surface area contributed by atoms with Crippen molar-refractivity contribution in [1.82, 2.24) is 5.43 Å². The molecule has 2 aromatic rings. The zero-order valence-corrected chi connectivity index (χ0v) is 12.3. The number of benzene rings is 2. The smallest absolute Gasteiger partial charge is 0.0724 e. The van der Waals surface area contributed by atoms with Gasteiger partial charge in [-0.2, -0.15) is 0 Å². The van der Waals surface area contributed by atoms with Crippen molar-refractivity contribution in [3.05, 3.63) is 68.7 Å². The average molecular weight is 326 g/mol. The summed E-state index contributed by atoms with van der Waals surface area (Å²) in [5.41, 5.74) is 6.05. The Bertz CT molecular complexity index is 557. The van der Waals surface area contributed by atoms with Crippen LogP contribution in [0, 0.1) is 6.92 Å². The number of rotatable bonds is 3. The maximum absolute atomic E-state index is 6.21. The second kappa shape index (κ2) is 5.85. The highest BCUT2D eigenvalue weighted by Crippen LogP contribution is 2.29. The van der Waals surface area contributed by atoms with Crippen LogP contribution in [0.5, 0.6) is 0 Å². The molecule has 0 saturated heterocycles. The highest BCUT2D eigenvalue weighted by atomic mass is 79.9. The second-order valence-corrected chi connectivity index (χ2v) is 5.39. The Labute approximate surface area is 120 Å². The summed E-state index contributed by atoms with van der Waals surface area (Å²) in [6, 6.07) is 13.7. The molecule has 0 spiro atoms. The summed E-state index contributed by atoms with van der Waals surface area (Å²) in [7, 11) is 0. The summed E-state index contributed by atoms with van der Waals surface area (Å²) >= 11 is 9.74. The molecule has 0 fully saturated rings. The van der Waals surface area contributed by atoms with E-state index in [0.29, 0.717) is 5.02 Å². The van der Waals surface area contributed by atoms with Gasteiger partial charge in [0.05, 0.1) is 6.04 Å². The summed E-state index contributed by atoms with van der Waals surface area (Å²) < 4.78 is 1.06. The van der Waals surface area contributed by atoms with Crippen LogP contribution in [0.2, 0.25) is 5.02 Å². The lowest BCUT2D eigenvalue weighted by atomic mass is 9.98. The molecule has 0 heterocycles. The van der Waals surface area contributed by atoms with Crippen molar-refractivity contribution in [1.29, 1.82) is 0 Å². The lowest BCUT2D eigenvalue weighted by molar-refractivity contribution is 0.636. The molecule has 0 saturated carbocycles. The number of hydrogen-bond donors (Lipinski definition) is 2. The Morgan fingerprint density at radius 1 is 1.22 bits per heavy atom. The normalized spacial score (nSPS) is 12.4. The van der Waals surface area contributed by atoms with Crippen molar-refractivity contribution in [3.63, 3.8) is 0 Å². The minimum atomic E-state index is -0.115. The van der Waals surface area contributed by atoms with E-state index in [4.69, 9.17) is 17.4 Å². The summed E-state index contributed by atoms with van der Waals surface area (Å²) in [5, 5.41) is 0.706. The lowest BCUT2D eigenvalue weighted by Gasteiger charge is -2.19. The molecular formula is C14H14BrClN2. The molecule has 94 valence electrons. The zero-order valence-electron chi connectivity index (χ0n) is 9.95. The van der Waals surface area contributed by atoms with E-state index in [1.807, 2.05) is 37.3 Å². The van der Waals surface area contributed by atoms with Gasteiger partial charge in [-0.15, -0.1) is 0 Å². The van der Waals surface area contributed by atoms with Crippen molar-refractivity contribution in [2.24, 2.45) is 5.84 Å². The van der Waals surface area contributed by atoms with Gasteiger partial charge in [0.2, 0.25) is 0 Å². The SMILES string of the molecule is Cc1ccc(C(NN)c2ccccc2Cl)cc1Br. The topological polar surface area (TPSA) is 38.0 Å². The number of nitrogens with one attached hydrogen (secondary N) is 1. The minimum absolute atomic E-state index is 0.115. The zero-order chi connectivity index (χ0) is 13.1. The Morgan fingerprint density at radius 2 is 1.94 bits per heavy atom. The predicted molar refractivity (Wildman–Crippen MR) is 79.5 cm³/mol. The first kappa shape index (κ1) is 13.6. The number of nitrogens with two attached hydrogens (primary N) is 1. The Hall–Kier alpha value is -0.870. The molecule has 0 aromatic heterocycles. The Morgan fingerprint density at radius 3 is 2.56 bits per heavy atom. The average Bonchev–Trinajstić information content (AvgIpc) is 2.37. The predicted octanol–water partition coefficient (Wildman–Crippen LogP) is 3.96. The standard InChI is InChI=1S/C14H14BrClN2/c1-9-6-7-10(8-12(9)15)14(18-17)11-4-2-3-5-13(11)16/h2-8,14,18H,17H2,1H3. The van der Waals surface area contributed by atoms with Crippen molar-refractivity contribution in [3.8, 4) is 0 Å². The second-order valence-electron chi connectivity index (χ2n) is 4.13. The maximum Gasteiger partial charge on any atom is 0.0724 e. The van der Waals surface area contributed by atoms with Crippen LogP contribution in [0.3, 0.4) is 0 Å². The van der Waals surface area contributed by atoms with E-state index in [9.17, 15) is 0 Å². The fourth-order valence-corrected chi connectivity index (χ4v) is 2.50. The monoisotopic (exact) mass is 324 g/mol. The van der Waals surface area contributed by atoms with Gasteiger partial charge in [0.15, 0.2) is 0 Å². The van der Waals surface area contributed by atoms with Crippen LogP contribution >= 0.6 is 27.5 Å². The molecule has 0 bridgehead atoms. The molecule has 3 N–H and O–H groups in total. The molecule has 2 nitrogen and oxygen atoms in total. The van der Waals surface area contributed by atoms with Gasteiger partial charge in [0.25, 0.3) is 0 Å². The molecule has 1 atom stereocenters. The van der Waals surface area contributed by atoms with Crippen LogP contribution in [0.4, 0.5) is 0 Å². The van der Waals surface area contributed by atoms with Crippen molar-refractivity contribution >= 4 is 27.5 Å². The Kier molecular flexibility index (Phi) is 4.40. The van der Waals surface area contributed by atoms with Crippen LogP contribution in [0.25, 0.3) is 0 Å². The van der Waals surface area contributed by atoms with Crippen molar-refractivity contribution in [2.45, 2.75) is 13.0 Å². The molecule has 0 aliphatic heterocycles. The summed E-state index contributed by atoms with van der Waals surface area (Å²) in [4.78, 5) is 0. The molecule has 0 aliphatic carbocycles. The highest BCUT2D eigenvalue weighted by molar-refractivity contribution is 9.10. The van der Waals surface area contributed by atoms with Gasteiger partial charge in [-0.05, 0) is 35.7 Å². The maximum atomic E-state index is 6.21. The fourth-order valence-electron chi connectivity index (χ4n) is 1.86. The van der Waals surface area contributed by atoms with Crippen LogP contribution in [-0.4, -0.2) is 0 Å². The van der Waals surface area contributed by atoms with Crippen molar-refractivity contribution in [2.75, 3.05) is 0 Å². The first-order chi connectivity index (χ1) is 8.63. The summed E-state index contributed by atoms with van der Waals surface area (Å²) in [5.74, 6) is 5.67. The molecule has 1 unspecified atom stereocenters. The van der Waals surface area contributed by atoms with Crippen LogP contribution in [-0.2, 0) is 0 Å². The van der Waals surface area contributed by atoms with Crippen molar-refractivity contribution < 1.29 is 0 Å². The van der Waals surface area contributed by atoms with E-state index in [1.54, 1.807) is 0 Å². The van der Waals surface area contributed by atoms with Crippen LogP contribution in [0.1, 0.15) is 22.7 Å². The third kappa shape index (κ3) is 2.75. The third-order valence-corrected chi connectivity index (χ3v) is 4.11. The van der Waals surface area contributed by atoms with Gasteiger partial charge in [0, 0.05) is 9.50 Å². The molecule has 4 heteroatoms. The molecule has 2 aromatic carbocycles. The van der Waals surface area contributed by atoms with Crippen LogP contribution in [0.15, 0.2) is 46.9 Å². The molecule has 2 rings (SSSR count). The van der Waals surface area contributed by atoms with Gasteiger partial charge in [-0.3, -0.25) is 5.84 Å². The quantitative estimate of drug-likeness (QED) is 0.662. The third-order valence-electron chi connectivity index (χ3n) is 2.91. The van der Waals surface area contributed by atoms with E-state index < -0.39 is 0 Å².